The zero-order chi connectivity index (χ0) is 13.9. The second-order valence-electron chi connectivity index (χ2n) is 4.19. The van der Waals surface area contributed by atoms with Crippen LogP contribution in [0.25, 0.3) is 0 Å². The van der Waals surface area contributed by atoms with Crippen LogP contribution in [0.2, 0.25) is 0 Å². The van der Waals surface area contributed by atoms with Gasteiger partial charge < -0.3 is 5.73 Å². The van der Waals surface area contributed by atoms with E-state index in [4.69, 9.17) is 5.73 Å². The monoisotopic (exact) mass is 278 g/mol. The number of aromatic nitrogens is 1. The highest BCUT2D eigenvalue weighted by Crippen LogP contribution is 2.12. The van der Waals surface area contributed by atoms with Crippen molar-refractivity contribution in [2.24, 2.45) is 0 Å². The number of pyridine rings is 1. The van der Waals surface area contributed by atoms with Gasteiger partial charge in [0.05, 0.1) is 4.90 Å². The van der Waals surface area contributed by atoms with Gasteiger partial charge in [0.1, 0.15) is 0 Å². The molecule has 0 aliphatic heterocycles. The van der Waals surface area contributed by atoms with Crippen molar-refractivity contribution in [1.82, 2.24) is 4.72 Å². The molecule has 1 aromatic carbocycles. The molecule has 1 atom stereocenters. The van der Waals surface area contributed by atoms with Gasteiger partial charge in [0, 0.05) is 24.7 Å². The van der Waals surface area contributed by atoms with E-state index in [1.807, 2.05) is 18.2 Å². The minimum atomic E-state index is -3.55. The molecule has 0 amide bonds. The van der Waals surface area contributed by atoms with E-state index in [-0.39, 0.29) is 11.1 Å². The molecule has 5 nitrogen and oxygen atoms in total. The molecule has 0 radical (unpaired) electrons. The first-order valence-corrected chi connectivity index (χ1v) is 7.31. The lowest BCUT2D eigenvalue weighted by molar-refractivity contribution is -0.722. The molecule has 0 fully saturated rings. The molecule has 0 aliphatic carbocycles. The second kappa shape index (κ2) is 5.38. The number of hydrogen-bond donors (Lipinski definition) is 2. The van der Waals surface area contributed by atoms with Crippen molar-refractivity contribution in [1.29, 1.82) is 0 Å². The Morgan fingerprint density at radius 3 is 2.26 bits per heavy atom. The lowest BCUT2D eigenvalue weighted by Crippen LogP contribution is -2.47. The van der Waals surface area contributed by atoms with Crippen LogP contribution in [0.3, 0.4) is 0 Å². The van der Waals surface area contributed by atoms with Crippen molar-refractivity contribution < 1.29 is 13.0 Å². The van der Waals surface area contributed by atoms with Gasteiger partial charge in [-0.15, -0.1) is 4.72 Å². The van der Waals surface area contributed by atoms with E-state index in [0.29, 0.717) is 5.69 Å². The highest BCUT2D eigenvalue weighted by Gasteiger charge is 2.21. The summed E-state index contributed by atoms with van der Waals surface area (Å²) in [6, 6.07) is 11.7. The van der Waals surface area contributed by atoms with Crippen LogP contribution in [0.1, 0.15) is 13.1 Å². The Hall–Kier alpha value is -1.92. The van der Waals surface area contributed by atoms with Crippen molar-refractivity contribution in [2.75, 3.05) is 5.73 Å². The zero-order valence-corrected chi connectivity index (χ0v) is 11.3. The van der Waals surface area contributed by atoms with Crippen LogP contribution in [0, 0.1) is 0 Å². The average Bonchev–Trinajstić information content (AvgIpc) is 2.40. The highest BCUT2D eigenvalue weighted by atomic mass is 32.2. The van der Waals surface area contributed by atoms with E-state index >= 15 is 0 Å². The van der Waals surface area contributed by atoms with Crippen LogP contribution < -0.4 is 15.0 Å². The van der Waals surface area contributed by atoms with Gasteiger partial charge in [-0.1, -0.05) is 6.07 Å². The molecule has 1 unspecified atom stereocenters. The van der Waals surface area contributed by atoms with Crippen LogP contribution in [-0.4, -0.2) is 8.42 Å². The first kappa shape index (κ1) is 13.5. The normalized spacial score (nSPS) is 13.1. The summed E-state index contributed by atoms with van der Waals surface area (Å²) < 4.78 is 28.7. The SMILES string of the molecule is CC(NS(=O)(=O)c1ccc(N)cc1)[n+]1ccccc1. The summed E-state index contributed by atoms with van der Waals surface area (Å²) in [5, 5.41) is 0. The zero-order valence-electron chi connectivity index (χ0n) is 10.5. The third kappa shape index (κ3) is 3.30. The Bertz CT molecular complexity index is 639. The maximum Gasteiger partial charge on any atom is 0.245 e. The fourth-order valence-corrected chi connectivity index (χ4v) is 2.87. The molecule has 6 heteroatoms. The predicted molar refractivity (Wildman–Crippen MR) is 72.5 cm³/mol. The van der Waals surface area contributed by atoms with E-state index in [9.17, 15) is 8.42 Å². The summed E-state index contributed by atoms with van der Waals surface area (Å²) in [6.07, 6.45) is 3.23. The van der Waals surface area contributed by atoms with E-state index in [2.05, 4.69) is 4.72 Å². The van der Waals surface area contributed by atoms with Crippen LogP contribution in [0.4, 0.5) is 5.69 Å². The van der Waals surface area contributed by atoms with Gasteiger partial charge >= 0.3 is 0 Å². The summed E-state index contributed by atoms with van der Waals surface area (Å²) in [6.45, 7) is 1.77. The molecule has 3 N–H and O–H groups in total. The Kier molecular flexibility index (Phi) is 3.82. The summed E-state index contributed by atoms with van der Waals surface area (Å²) in [7, 11) is -3.55. The maximum absolute atomic E-state index is 12.2. The molecule has 0 saturated heterocycles. The molecule has 2 aromatic rings. The standard InChI is InChI=1S/C13H16N3O2S/c1-11(16-9-3-2-4-10-16)15-19(17,18)13-7-5-12(14)6-8-13/h2-11,15H,14H2,1H3/q+1. The Morgan fingerprint density at radius 1 is 1.11 bits per heavy atom. The summed E-state index contributed by atoms with van der Waals surface area (Å²) in [5.41, 5.74) is 6.07. The molecule has 0 spiro atoms. The van der Waals surface area contributed by atoms with Gasteiger partial charge in [0.2, 0.25) is 16.2 Å². The van der Waals surface area contributed by atoms with Gasteiger partial charge in [-0.05, 0) is 24.3 Å². The average molecular weight is 278 g/mol. The molecular weight excluding hydrogens is 262 g/mol. The van der Waals surface area contributed by atoms with E-state index in [0.717, 1.165) is 0 Å². The van der Waals surface area contributed by atoms with Crippen LogP contribution in [0.15, 0.2) is 59.8 Å². The molecule has 0 aliphatic rings. The van der Waals surface area contributed by atoms with Gasteiger partial charge in [-0.2, -0.15) is 4.57 Å². The molecule has 0 bridgehead atoms. The van der Waals surface area contributed by atoms with Crippen LogP contribution in [0.5, 0.6) is 0 Å². The Morgan fingerprint density at radius 2 is 1.68 bits per heavy atom. The van der Waals surface area contributed by atoms with E-state index in [1.54, 1.807) is 36.0 Å². The van der Waals surface area contributed by atoms with Gasteiger partial charge in [-0.3, -0.25) is 0 Å². The smallest absolute Gasteiger partial charge is 0.245 e. The Labute approximate surface area is 112 Å². The number of nitrogens with one attached hydrogen (secondary N) is 1. The van der Waals surface area contributed by atoms with Crippen molar-refractivity contribution >= 4 is 15.7 Å². The number of anilines is 1. The number of rotatable bonds is 4. The molecule has 0 saturated carbocycles. The largest absolute Gasteiger partial charge is 0.399 e. The molecule has 1 aromatic heterocycles. The van der Waals surface area contributed by atoms with E-state index < -0.39 is 10.0 Å². The second-order valence-corrected chi connectivity index (χ2v) is 5.90. The molecule has 100 valence electrons. The fraction of sp³-hybridized carbons (Fsp3) is 0.154. The number of sulfonamides is 1. The fourth-order valence-electron chi connectivity index (χ4n) is 1.67. The topological polar surface area (TPSA) is 76.1 Å². The number of nitrogens with zero attached hydrogens (tertiary/aromatic N) is 1. The Balaban J connectivity index is 2.20. The quantitative estimate of drug-likeness (QED) is 0.648. The molecular formula is C13H16N3O2S+. The molecule has 2 rings (SSSR count). The van der Waals surface area contributed by atoms with Crippen LogP contribution >= 0.6 is 0 Å². The lowest BCUT2D eigenvalue weighted by Gasteiger charge is -2.10. The minimum absolute atomic E-state index is 0.199. The highest BCUT2D eigenvalue weighted by molar-refractivity contribution is 7.89. The van der Waals surface area contributed by atoms with Gasteiger partial charge in [0.25, 0.3) is 0 Å². The van der Waals surface area contributed by atoms with E-state index in [1.165, 1.54) is 12.1 Å². The first-order valence-electron chi connectivity index (χ1n) is 5.83. The minimum Gasteiger partial charge on any atom is -0.399 e. The summed E-state index contributed by atoms with van der Waals surface area (Å²) >= 11 is 0. The summed E-state index contributed by atoms with van der Waals surface area (Å²) in [4.78, 5) is 0.199. The van der Waals surface area contributed by atoms with Crippen molar-refractivity contribution in [3.63, 3.8) is 0 Å². The maximum atomic E-state index is 12.2. The number of nitrogens with two attached hydrogens (primary N) is 1. The van der Waals surface area contributed by atoms with Crippen LogP contribution in [-0.2, 0) is 10.0 Å². The van der Waals surface area contributed by atoms with Crippen molar-refractivity contribution in [3.05, 3.63) is 54.9 Å². The third-order valence-corrected chi connectivity index (χ3v) is 4.25. The third-order valence-electron chi connectivity index (χ3n) is 2.70. The van der Waals surface area contributed by atoms with Gasteiger partial charge in [0.15, 0.2) is 12.4 Å². The predicted octanol–water partition coefficient (Wildman–Crippen LogP) is 1.05. The van der Waals surface area contributed by atoms with Gasteiger partial charge in [-0.25, -0.2) is 8.42 Å². The first-order chi connectivity index (χ1) is 8.99. The number of hydrogen-bond acceptors (Lipinski definition) is 3. The molecule has 1 heterocycles. The van der Waals surface area contributed by atoms with Crippen molar-refractivity contribution in [2.45, 2.75) is 18.0 Å². The number of benzene rings is 1. The summed E-state index contributed by atoms with van der Waals surface area (Å²) in [5.74, 6) is 0. The van der Waals surface area contributed by atoms with Crippen molar-refractivity contribution in [3.8, 4) is 0 Å². The lowest BCUT2D eigenvalue weighted by atomic mass is 10.3. The molecule has 19 heavy (non-hydrogen) atoms. The number of nitrogen functional groups attached to an aromatic ring is 1.